The van der Waals surface area contributed by atoms with Gasteiger partial charge in [-0.05, 0) is 42.6 Å². The van der Waals surface area contributed by atoms with Gasteiger partial charge in [0.05, 0.1) is 0 Å². The van der Waals surface area contributed by atoms with Crippen molar-refractivity contribution in [1.29, 1.82) is 0 Å². The van der Waals surface area contributed by atoms with Gasteiger partial charge in [0, 0.05) is 33.9 Å². The molecule has 134 valence electrons. The summed E-state index contributed by atoms with van der Waals surface area (Å²) in [7, 11) is 3.63. The van der Waals surface area contributed by atoms with Crippen molar-refractivity contribution in [3.05, 3.63) is 35.9 Å². The molecule has 1 aliphatic carbocycles. The Labute approximate surface area is 147 Å². The van der Waals surface area contributed by atoms with Gasteiger partial charge in [0.15, 0.2) is 5.96 Å². The monoisotopic (exact) mass is 331 g/mol. The van der Waals surface area contributed by atoms with E-state index >= 15 is 0 Å². The first-order valence-corrected chi connectivity index (χ1v) is 9.17. The van der Waals surface area contributed by atoms with Crippen LogP contribution in [0.25, 0.3) is 0 Å². The van der Waals surface area contributed by atoms with Crippen molar-refractivity contribution in [1.82, 2.24) is 10.6 Å². The molecule has 1 aromatic rings. The molecular formula is C20H33N3O. The molecule has 0 bridgehead atoms. The maximum Gasteiger partial charge on any atom is 0.190 e. The van der Waals surface area contributed by atoms with Crippen molar-refractivity contribution in [2.75, 3.05) is 33.9 Å². The van der Waals surface area contributed by atoms with Gasteiger partial charge >= 0.3 is 0 Å². The van der Waals surface area contributed by atoms with Crippen molar-refractivity contribution in [2.24, 2.45) is 10.4 Å². The lowest BCUT2D eigenvalue weighted by atomic mass is 9.67. The van der Waals surface area contributed by atoms with Crippen LogP contribution in [0.5, 0.6) is 0 Å². The van der Waals surface area contributed by atoms with E-state index in [0.717, 1.165) is 38.5 Å². The van der Waals surface area contributed by atoms with Gasteiger partial charge in [-0.3, -0.25) is 4.99 Å². The van der Waals surface area contributed by atoms with E-state index in [4.69, 9.17) is 4.74 Å². The lowest BCUT2D eigenvalue weighted by Gasteiger charge is -2.42. The second kappa shape index (κ2) is 9.67. The molecule has 4 nitrogen and oxygen atoms in total. The number of methoxy groups -OCH3 is 1. The molecule has 0 aliphatic heterocycles. The Bertz CT molecular complexity index is 497. The molecule has 0 spiro atoms. The summed E-state index contributed by atoms with van der Waals surface area (Å²) >= 11 is 0. The zero-order valence-electron chi connectivity index (χ0n) is 15.5. The van der Waals surface area contributed by atoms with E-state index in [-0.39, 0.29) is 0 Å². The lowest BCUT2D eigenvalue weighted by molar-refractivity contribution is 0.0732. The number of guanidine groups is 1. The molecule has 2 rings (SSSR count). The molecule has 2 N–H and O–H groups in total. The van der Waals surface area contributed by atoms with Crippen LogP contribution in [-0.4, -0.2) is 39.8 Å². The summed E-state index contributed by atoms with van der Waals surface area (Å²) < 4.78 is 5.27. The van der Waals surface area contributed by atoms with Gasteiger partial charge < -0.3 is 15.4 Å². The number of aliphatic imine (C=N–C) groups is 1. The molecular weight excluding hydrogens is 298 g/mol. The summed E-state index contributed by atoms with van der Waals surface area (Å²) in [6.07, 6.45) is 6.17. The Morgan fingerprint density at radius 1 is 1.25 bits per heavy atom. The van der Waals surface area contributed by atoms with Gasteiger partial charge in [-0.2, -0.15) is 0 Å². The topological polar surface area (TPSA) is 45.7 Å². The smallest absolute Gasteiger partial charge is 0.190 e. The highest BCUT2D eigenvalue weighted by atomic mass is 16.5. The highest BCUT2D eigenvalue weighted by Crippen LogP contribution is 2.43. The molecule has 24 heavy (non-hydrogen) atoms. The second-order valence-corrected chi connectivity index (χ2v) is 7.05. The van der Waals surface area contributed by atoms with Crippen LogP contribution in [0.15, 0.2) is 35.3 Å². The van der Waals surface area contributed by atoms with Crippen LogP contribution in [0.2, 0.25) is 0 Å². The molecule has 1 aliphatic rings. The molecule has 0 saturated heterocycles. The molecule has 1 aromatic carbocycles. The Hall–Kier alpha value is -1.55. The van der Waals surface area contributed by atoms with Crippen molar-refractivity contribution < 1.29 is 4.74 Å². The van der Waals surface area contributed by atoms with Gasteiger partial charge in [-0.15, -0.1) is 0 Å². The molecule has 0 heterocycles. The predicted molar refractivity (Wildman–Crippen MR) is 102 cm³/mol. The normalized spacial score (nSPS) is 17.9. The van der Waals surface area contributed by atoms with Crippen molar-refractivity contribution in [2.45, 2.75) is 44.9 Å². The van der Waals surface area contributed by atoms with E-state index in [9.17, 15) is 0 Å². The Morgan fingerprint density at radius 3 is 2.58 bits per heavy atom. The minimum atomic E-state index is 0.408. The molecule has 1 saturated carbocycles. The summed E-state index contributed by atoms with van der Waals surface area (Å²) in [4.78, 5) is 4.36. The van der Waals surface area contributed by atoms with Crippen molar-refractivity contribution in [3.8, 4) is 0 Å². The van der Waals surface area contributed by atoms with E-state index in [1.54, 1.807) is 7.11 Å². The minimum absolute atomic E-state index is 0.408. The highest BCUT2D eigenvalue weighted by Gasteiger charge is 2.36. The van der Waals surface area contributed by atoms with Gasteiger partial charge in [-0.25, -0.2) is 0 Å². The quantitative estimate of drug-likeness (QED) is 0.537. The minimum Gasteiger partial charge on any atom is -0.385 e. The van der Waals surface area contributed by atoms with Crippen LogP contribution in [0.3, 0.4) is 0 Å². The van der Waals surface area contributed by atoms with Crippen LogP contribution in [0.4, 0.5) is 0 Å². The van der Waals surface area contributed by atoms with Gasteiger partial charge in [0.2, 0.25) is 0 Å². The first-order valence-electron chi connectivity index (χ1n) is 9.17. The van der Waals surface area contributed by atoms with Crippen LogP contribution >= 0.6 is 0 Å². The van der Waals surface area contributed by atoms with Gasteiger partial charge in [0.25, 0.3) is 0 Å². The third-order valence-corrected chi connectivity index (χ3v) is 5.34. The SMILES string of the molecule is CN=C(NCCC(C)c1ccccc1)NCC1(CCOC)CCC1. The first kappa shape index (κ1) is 18.8. The van der Waals surface area contributed by atoms with E-state index in [2.05, 4.69) is 52.9 Å². The van der Waals surface area contributed by atoms with Crippen LogP contribution in [0.1, 0.15) is 50.5 Å². The number of rotatable bonds is 9. The van der Waals surface area contributed by atoms with Crippen LogP contribution in [-0.2, 0) is 4.74 Å². The van der Waals surface area contributed by atoms with Crippen molar-refractivity contribution in [3.63, 3.8) is 0 Å². The zero-order valence-corrected chi connectivity index (χ0v) is 15.5. The summed E-state index contributed by atoms with van der Waals surface area (Å²) in [5.74, 6) is 1.47. The molecule has 4 heteroatoms. The third-order valence-electron chi connectivity index (χ3n) is 5.34. The van der Waals surface area contributed by atoms with Gasteiger partial charge in [0.1, 0.15) is 0 Å². The molecule has 1 fully saturated rings. The number of hydrogen-bond donors (Lipinski definition) is 2. The van der Waals surface area contributed by atoms with Gasteiger partial charge in [-0.1, -0.05) is 43.7 Å². The summed E-state index contributed by atoms with van der Waals surface area (Å²) in [6, 6.07) is 10.7. The number of nitrogens with zero attached hydrogens (tertiary/aromatic N) is 1. The van der Waals surface area contributed by atoms with E-state index in [1.807, 2.05) is 7.05 Å². The molecule has 0 radical (unpaired) electrons. The number of benzene rings is 1. The maximum absolute atomic E-state index is 5.27. The van der Waals surface area contributed by atoms with Crippen LogP contribution < -0.4 is 10.6 Å². The molecule has 0 aromatic heterocycles. The third kappa shape index (κ3) is 5.52. The standard InChI is InChI=1S/C20H33N3O/c1-17(18-8-5-4-6-9-18)10-14-22-19(21-2)23-16-20(11-7-12-20)13-15-24-3/h4-6,8-9,17H,7,10-16H2,1-3H3,(H2,21,22,23). The second-order valence-electron chi connectivity index (χ2n) is 7.05. The predicted octanol–water partition coefficient (Wildman–Crippen LogP) is 3.55. The number of ether oxygens (including phenoxy) is 1. The Morgan fingerprint density at radius 2 is 2.00 bits per heavy atom. The van der Waals surface area contributed by atoms with E-state index in [1.165, 1.54) is 24.8 Å². The Balaban J connectivity index is 1.70. The maximum atomic E-state index is 5.27. The van der Waals surface area contributed by atoms with E-state index in [0.29, 0.717) is 11.3 Å². The fourth-order valence-corrected chi connectivity index (χ4v) is 3.36. The molecule has 0 amide bonds. The largest absolute Gasteiger partial charge is 0.385 e. The summed E-state index contributed by atoms with van der Waals surface area (Å²) in [5.41, 5.74) is 1.81. The zero-order chi connectivity index (χ0) is 17.3. The molecule has 1 unspecified atom stereocenters. The van der Waals surface area contributed by atoms with Crippen molar-refractivity contribution >= 4 is 5.96 Å². The highest BCUT2D eigenvalue weighted by molar-refractivity contribution is 5.79. The first-order chi connectivity index (χ1) is 11.7. The fourth-order valence-electron chi connectivity index (χ4n) is 3.36. The molecule has 1 atom stereocenters. The van der Waals surface area contributed by atoms with Crippen LogP contribution in [0, 0.1) is 5.41 Å². The average molecular weight is 332 g/mol. The number of nitrogens with one attached hydrogen (secondary N) is 2. The average Bonchev–Trinajstić information content (AvgIpc) is 2.59. The summed E-state index contributed by atoms with van der Waals surface area (Å²) in [6.45, 7) is 5.05. The lowest BCUT2D eigenvalue weighted by Crippen LogP contribution is -2.47. The number of hydrogen-bond acceptors (Lipinski definition) is 2. The Kier molecular flexibility index (Phi) is 7.57. The van der Waals surface area contributed by atoms with E-state index < -0.39 is 0 Å². The fraction of sp³-hybridized carbons (Fsp3) is 0.650. The summed E-state index contributed by atoms with van der Waals surface area (Å²) in [5, 5.41) is 6.97.